The monoisotopic (exact) mass is 600 g/mol. The number of carbonyl (C=O) groups excluding carboxylic acids is 2. The molecule has 0 radical (unpaired) electrons. The van der Waals surface area contributed by atoms with Gasteiger partial charge in [-0.25, -0.2) is 22.4 Å². The van der Waals surface area contributed by atoms with Gasteiger partial charge in [-0.2, -0.15) is 4.31 Å². The molecule has 0 aromatic heterocycles. The molecule has 3 aromatic rings. The summed E-state index contributed by atoms with van der Waals surface area (Å²) in [5, 5.41) is 11.8. The fourth-order valence-corrected chi connectivity index (χ4v) is 6.08. The summed E-state index contributed by atoms with van der Waals surface area (Å²) in [6.07, 6.45) is -2.62. The summed E-state index contributed by atoms with van der Waals surface area (Å²) < 4.78 is 57.5. The fourth-order valence-electron chi connectivity index (χ4n) is 4.47. The maximum atomic E-state index is 13.6. The standard InChI is InChI=1S/C29H29FN2O9S/c1-19(33)39-20(2)40-28(36)31-26(27(34)35)16-21-7-6-10-25(15-21)42(37,38)32-17-29(18-32,22-8-4-3-5-9-22)41-24-13-11-23(30)12-14-24/h3-15,20,26H,16-18H2,1-2H3,(H,31,36)(H,34,35)/t20-,26?/m1/s1. The van der Waals surface area contributed by atoms with Crippen molar-refractivity contribution in [1.82, 2.24) is 9.62 Å². The van der Waals surface area contributed by atoms with E-state index in [1.807, 2.05) is 30.3 Å². The second-order valence-electron chi connectivity index (χ2n) is 9.66. The number of hydrogen-bond acceptors (Lipinski definition) is 8. The van der Waals surface area contributed by atoms with E-state index in [0.29, 0.717) is 11.3 Å². The van der Waals surface area contributed by atoms with Gasteiger partial charge >= 0.3 is 18.0 Å². The number of carboxylic acid groups (broad SMARTS) is 1. The van der Waals surface area contributed by atoms with E-state index in [4.69, 9.17) is 9.47 Å². The second-order valence-corrected chi connectivity index (χ2v) is 11.6. The molecule has 42 heavy (non-hydrogen) atoms. The van der Waals surface area contributed by atoms with Crippen molar-refractivity contribution < 1.29 is 46.5 Å². The van der Waals surface area contributed by atoms with Crippen LogP contribution in [0.25, 0.3) is 0 Å². The van der Waals surface area contributed by atoms with Crippen LogP contribution in [0.15, 0.2) is 83.8 Å². The third-order valence-corrected chi connectivity index (χ3v) is 8.25. The van der Waals surface area contributed by atoms with Gasteiger partial charge in [0.15, 0.2) is 5.60 Å². The maximum absolute atomic E-state index is 13.6. The summed E-state index contributed by atoms with van der Waals surface area (Å²) in [5.41, 5.74) is 0.0696. The average Bonchev–Trinajstić information content (AvgIpc) is 2.91. The van der Waals surface area contributed by atoms with Crippen LogP contribution in [0, 0.1) is 5.82 Å². The molecule has 1 heterocycles. The topological polar surface area (TPSA) is 149 Å². The van der Waals surface area contributed by atoms with Crippen molar-refractivity contribution >= 4 is 28.1 Å². The van der Waals surface area contributed by atoms with Crippen molar-refractivity contribution in [3.8, 4) is 5.75 Å². The number of alkyl carbamates (subject to hydrolysis) is 1. The molecule has 1 aliphatic rings. The SMILES string of the molecule is CC(=O)O[C@@H](C)OC(=O)NC(Cc1cccc(S(=O)(=O)N2CC(Oc3ccc(F)cc3)(c3ccccc3)C2)c1)C(=O)O. The van der Waals surface area contributed by atoms with Crippen molar-refractivity contribution in [2.75, 3.05) is 13.1 Å². The predicted octanol–water partition coefficient (Wildman–Crippen LogP) is 3.44. The third-order valence-electron chi connectivity index (χ3n) is 6.46. The van der Waals surface area contributed by atoms with E-state index in [1.54, 1.807) is 0 Å². The van der Waals surface area contributed by atoms with Gasteiger partial charge in [0.25, 0.3) is 0 Å². The molecule has 11 nitrogen and oxygen atoms in total. The quantitative estimate of drug-likeness (QED) is 0.249. The summed E-state index contributed by atoms with van der Waals surface area (Å²) in [6, 6.07) is 18.8. The van der Waals surface area contributed by atoms with Gasteiger partial charge in [0.05, 0.1) is 18.0 Å². The Bertz CT molecular complexity index is 1540. The van der Waals surface area contributed by atoms with Crippen LogP contribution >= 0.6 is 0 Å². The van der Waals surface area contributed by atoms with Crippen LogP contribution in [0.4, 0.5) is 9.18 Å². The molecule has 1 aliphatic heterocycles. The van der Waals surface area contributed by atoms with Gasteiger partial charge in [-0.3, -0.25) is 4.79 Å². The van der Waals surface area contributed by atoms with E-state index in [2.05, 4.69) is 10.1 Å². The largest absolute Gasteiger partial charge is 0.480 e. The molecule has 4 rings (SSSR count). The first kappa shape index (κ1) is 30.5. The molecule has 1 amide bonds. The molecular weight excluding hydrogens is 571 g/mol. The lowest BCUT2D eigenvalue weighted by molar-refractivity contribution is -0.162. The highest BCUT2D eigenvalue weighted by Gasteiger charge is 2.52. The van der Waals surface area contributed by atoms with Gasteiger partial charge in [0, 0.05) is 20.3 Å². The number of ether oxygens (including phenoxy) is 3. The number of benzene rings is 3. The van der Waals surface area contributed by atoms with Crippen LogP contribution in [0.3, 0.4) is 0 Å². The van der Waals surface area contributed by atoms with Crippen molar-refractivity contribution in [3.63, 3.8) is 0 Å². The van der Waals surface area contributed by atoms with E-state index in [1.165, 1.54) is 59.8 Å². The summed E-state index contributed by atoms with van der Waals surface area (Å²) in [4.78, 5) is 34.8. The number of aliphatic carboxylic acids is 1. The summed E-state index contributed by atoms with van der Waals surface area (Å²) in [5.74, 6) is -2.11. The second kappa shape index (κ2) is 12.6. The highest BCUT2D eigenvalue weighted by atomic mass is 32.2. The minimum absolute atomic E-state index is 0.0212. The smallest absolute Gasteiger partial charge is 0.410 e. The molecule has 0 saturated carbocycles. The van der Waals surface area contributed by atoms with Crippen molar-refractivity contribution in [1.29, 1.82) is 0 Å². The van der Waals surface area contributed by atoms with Crippen LogP contribution in [0.1, 0.15) is 25.0 Å². The number of sulfonamides is 1. The van der Waals surface area contributed by atoms with Crippen LogP contribution in [0.5, 0.6) is 5.75 Å². The molecule has 222 valence electrons. The van der Waals surface area contributed by atoms with Crippen molar-refractivity contribution in [3.05, 3.63) is 95.8 Å². The number of carboxylic acids is 1. The first-order valence-corrected chi connectivity index (χ1v) is 14.3. The third kappa shape index (κ3) is 7.22. The summed E-state index contributed by atoms with van der Waals surface area (Å²) in [6.45, 7) is 2.37. The van der Waals surface area contributed by atoms with Gasteiger partial charge in [0.1, 0.15) is 17.6 Å². The van der Waals surface area contributed by atoms with Crippen molar-refractivity contribution in [2.24, 2.45) is 0 Å². The Balaban J connectivity index is 1.49. The van der Waals surface area contributed by atoms with Gasteiger partial charge in [-0.15, -0.1) is 0 Å². The highest BCUT2D eigenvalue weighted by molar-refractivity contribution is 7.89. The van der Waals surface area contributed by atoms with Crippen molar-refractivity contribution in [2.45, 2.75) is 43.1 Å². The number of nitrogens with zero attached hydrogens (tertiary/aromatic N) is 1. The number of nitrogens with one attached hydrogen (secondary N) is 1. The molecular formula is C29H29FN2O9S. The Morgan fingerprint density at radius 1 is 1.00 bits per heavy atom. The molecule has 2 atom stereocenters. The normalized spacial score (nSPS) is 15.9. The minimum atomic E-state index is -4.02. The Labute approximate surface area is 241 Å². The van der Waals surface area contributed by atoms with E-state index in [-0.39, 0.29) is 24.4 Å². The molecule has 0 bridgehead atoms. The molecule has 1 fully saturated rings. The molecule has 0 aliphatic carbocycles. The lowest BCUT2D eigenvalue weighted by Gasteiger charge is -2.48. The predicted molar refractivity (Wildman–Crippen MR) is 146 cm³/mol. The van der Waals surface area contributed by atoms with Gasteiger partial charge in [-0.05, 0) is 47.5 Å². The number of halogens is 1. The van der Waals surface area contributed by atoms with Crippen LogP contribution in [-0.4, -0.2) is 61.3 Å². The zero-order chi connectivity index (χ0) is 30.5. The first-order valence-electron chi connectivity index (χ1n) is 12.8. The van der Waals surface area contributed by atoms with Gasteiger partial charge < -0.3 is 24.6 Å². The molecule has 3 aromatic carbocycles. The molecule has 1 saturated heterocycles. The Morgan fingerprint density at radius 2 is 1.67 bits per heavy atom. The van der Waals surface area contributed by atoms with E-state index in [9.17, 15) is 32.3 Å². The molecule has 1 unspecified atom stereocenters. The zero-order valence-corrected chi connectivity index (χ0v) is 23.5. The number of amides is 1. The molecule has 13 heteroatoms. The number of rotatable bonds is 11. The number of carbonyl (C=O) groups is 3. The Morgan fingerprint density at radius 3 is 2.29 bits per heavy atom. The van der Waals surface area contributed by atoms with E-state index >= 15 is 0 Å². The summed E-state index contributed by atoms with van der Waals surface area (Å²) in [7, 11) is -4.02. The summed E-state index contributed by atoms with van der Waals surface area (Å²) >= 11 is 0. The lowest BCUT2D eigenvalue weighted by atomic mass is 9.87. The van der Waals surface area contributed by atoms with Gasteiger partial charge in [-0.1, -0.05) is 42.5 Å². The average molecular weight is 601 g/mol. The lowest BCUT2D eigenvalue weighted by Crippen LogP contribution is -2.64. The zero-order valence-electron chi connectivity index (χ0n) is 22.7. The highest BCUT2D eigenvalue weighted by Crippen LogP contribution is 2.40. The fraction of sp³-hybridized carbons (Fsp3) is 0.276. The minimum Gasteiger partial charge on any atom is -0.480 e. The van der Waals surface area contributed by atoms with Crippen LogP contribution < -0.4 is 10.1 Å². The van der Waals surface area contributed by atoms with Crippen LogP contribution in [-0.2, 0) is 41.1 Å². The van der Waals surface area contributed by atoms with E-state index < -0.39 is 51.8 Å². The first-order chi connectivity index (χ1) is 19.9. The Kier molecular flexibility index (Phi) is 9.12. The number of esters is 1. The molecule has 2 N–H and O–H groups in total. The Hall–Kier alpha value is -4.49. The van der Waals surface area contributed by atoms with Crippen LogP contribution in [0.2, 0.25) is 0 Å². The number of hydrogen-bond donors (Lipinski definition) is 2. The van der Waals surface area contributed by atoms with Gasteiger partial charge in [0.2, 0.25) is 16.3 Å². The molecule has 0 spiro atoms. The maximum Gasteiger partial charge on any atom is 0.410 e. The van der Waals surface area contributed by atoms with E-state index in [0.717, 1.165) is 12.5 Å².